The summed E-state index contributed by atoms with van der Waals surface area (Å²) in [6.45, 7) is 0.415. The van der Waals surface area contributed by atoms with Gasteiger partial charge in [-0.1, -0.05) is 42.5 Å². The molecule has 1 saturated carbocycles. The minimum atomic E-state index is -0.270. The fourth-order valence-electron chi connectivity index (χ4n) is 3.44. The van der Waals surface area contributed by atoms with Gasteiger partial charge in [0.2, 0.25) is 5.91 Å². The van der Waals surface area contributed by atoms with Crippen molar-refractivity contribution in [2.24, 2.45) is 7.05 Å². The van der Waals surface area contributed by atoms with Crippen molar-refractivity contribution in [2.45, 2.75) is 24.9 Å². The summed E-state index contributed by atoms with van der Waals surface area (Å²) in [6.07, 6.45) is 2.38. The number of hydrogen-bond acceptors (Lipinski definition) is 3. The lowest BCUT2D eigenvalue weighted by atomic mass is 10.1. The fraction of sp³-hybridized carbons (Fsp3) is 0.333. The van der Waals surface area contributed by atoms with Crippen molar-refractivity contribution in [2.75, 3.05) is 13.6 Å². The summed E-state index contributed by atoms with van der Waals surface area (Å²) in [4.78, 5) is 19.6. The normalized spacial score (nSPS) is 15.3. The quantitative estimate of drug-likeness (QED) is 0.745. The highest BCUT2D eigenvalue weighted by atomic mass is 16.2. The monoisotopic (exact) mass is 348 g/mol. The third-order valence-corrected chi connectivity index (χ3v) is 5.08. The SMILES string of the molecule is CN(CC(=O)N[C@H](c1ccccc1)c1nc2ccccc2n1C)C1CC1. The molecular weight excluding hydrogens is 324 g/mol. The van der Waals surface area contributed by atoms with Crippen molar-refractivity contribution < 1.29 is 4.79 Å². The van der Waals surface area contributed by atoms with E-state index in [4.69, 9.17) is 4.98 Å². The van der Waals surface area contributed by atoms with E-state index in [9.17, 15) is 4.79 Å². The Morgan fingerprint density at radius 3 is 2.58 bits per heavy atom. The third-order valence-electron chi connectivity index (χ3n) is 5.08. The van der Waals surface area contributed by atoms with Gasteiger partial charge in [0.1, 0.15) is 11.9 Å². The standard InChI is InChI=1S/C21H24N4O/c1-24(16-12-13-16)14-19(26)23-20(15-8-4-3-5-9-15)21-22-17-10-6-7-11-18(17)25(21)2/h3-11,16,20H,12-14H2,1-2H3,(H,23,26)/t20-/m1/s1. The Labute approximate surface area is 153 Å². The molecule has 4 rings (SSSR count). The summed E-state index contributed by atoms with van der Waals surface area (Å²) in [6, 6.07) is 18.4. The molecule has 2 aromatic carbocycles. The predicted octanol–water partition coefficient (Wildman–Crippen LogP) is 2.87. The van der Waals surface area contributed by atoms with Crippen LogP contribution >= 0.6 is 0 Å². The Morgan fingerprint density at radius 2 is 1.88 bits per heavy atom. The maximum absolute atomic E-state index is 12.7. The molecule has 26 heavy (non-hydrogen) atoms. The first-order valence-electron chi connectivity index (χ1n) is 9.09. The minimum absolute atomic E-state index is 0.0281. The van der Waals surface area contributed by atoms with Crippen LogP contribution < -0.4 is 5.32 Å². The molecule has 5 heteroatoms. The summed E-state index contributed by atoms with van der Waals surface area (Å²) in [5, 5.41) is 3.20. The number of likely N-dealkylation sites (N-methyl/N-ethyl adjacent to an activating group) is 1. The van der Waals surface area contributed by atoms with Crippen LogP contribution in [0.25, 0.3) is 11.0 Å². The number of hydrogen-bond donors (Lipinski definition) is 1. The number of aromatic nitrogens is 2. The van der Waals surface area contributed by atoms with Crippen molar-refractivity contribution in [3.63, 3.8) is 0 Å². The Morgan fingerprint density at radius 1 is 1.19 bits per heavy atom. The van der Waals surface area contributed by atoms with Crippen molar-refractivity contribution in [1.29, 1.82) is 0 Å². The average molecular weight is 348 g/mol. The number of aryl methyl sites for hydroxylation is 1. The maximum Gasteiger partial charge on any atom is 0.235 e. The highest BCUT2D eigenvalue weighted by molar-refractivity contribution is 5.80. The van der Waals surface area contributed by atoms with E-state index in [1.54, 1.807) is 0 Å². The highest BCUT2D eigenvalue weighted by Gasteiger charge is 2.29. The van der Waals surface area contributed by atoms with Crippen LogP contribution in [-0.4, -0.2) is 40.0 Å². The van der Waals surface area contributed by atoms with Gasteiger partial charge >= 0.3 is 0 Å². The molecule has 0 bridgehead atoms. The molecular formula is C21H24N4O. The molecule has 1 fully saturated rings. The number of nitrogens with zero attached hydrogens (tertiary/aromatic N) is 3. The number of imidazole rings is 1. The minimum Gasteiger partial charge on any atom is -0.341 e. The molecule has 1 aromatic heterocycles. The number of para-hydroxylation sites is 2. The van der Waals surface area contributed by atoms with Gasteiger partial charge in [-0.05, 0) is 37.6 Å². The van der Waals surface area contributed by atoms with Crippen LogP contribution in [0.1, 0.15) is 30.3 Å². The molecule has 1 aliphatic carbocycles. The van der Waals surface area contributed by atoms with Crippen molar-refractivity contribution in [3.05, 3.63) is 66.0 Å². The molecule has 0 spiro atoms. The first kappa shape index (κ1) is 16.8. The topological polar surface area (TPSA) is 50.2 Å². The van der Waals surface area contributed by atoms with Gasteiger partial charge in [-0.2, -0.15) is 0 Å². The lowest BCUT2D eigenvalue weighted by molar-refractivity contribution is -0.122. The zero-order valence-electron chi connectivity index (χ0n) is 15.2. The van der Waals surface area contributed by atoms with E-state index in [2.05, 4.69) is 20.9 Å². The largest absolute Gasteiger partial charge is 0.341 e. The van der Waals surface area contributed by atoms with Crippen LogP contribution in [0.4, 0.5) is 0 Å². The van der Waals surface area contributed by atoms with E-state index in [0.29, 0.717) is 12.6 Å². The van der Waals surface area contributed by atoms with Gasteiger partial charge in [0.15, 0.2) is 0 Å². The maximum atomic E-state index is 12.7. The summed E-state index contributed by atoms with van der Waals surface area (Å²) >= 11 is 0. The summed E-state index contributed by atoms with van der Waals surface area (Å²) in [5.74, 6) is 0.875. The number of rotatable bonds is 6. The number of amides is 1. The van der Waals surface area contributed by atoms with Gasteiger partial charge in [0.25, 0.3) is 0 Å². The second-order valence-electron chi connectivity index (χ2n) is 7.08. The lowest BCUT2D eigenvalue weighted by Crippen LogP contribution is -2.39. The molecule has 1 N–H and O–H groups in total. The van der Waals surface area contributed by atoms with Crippen LogP contribution in [0.5, 0.6) is 0 Å². The third kappa shape index (κ3) is 3.35. The van der Waals surface area contributed by atoms with E-state index >= 15 is 0 Å². The van der Waals surface area contributed by atoms with Crippen LogP contribution in [0, 0.1) is 0 Å². The molecule has 1 amide bonds. The van der Waals surface area contributed by atoms with E-state index in [1.165, 1.54) is 12.8 Å². The molecule has 3 aromatic rings. The van der Waals surface area contributed by atoms with E-state index in [1.807, 2.05) is 62.6 Å². The molecule has 1 aliphatic rings. The molecule has 134 valence electrons. The zero-order chi connectivity index (χ0) is 18.1. The Hall–Kier alpha value is -2.66. The predicted molar refractivity (Wildman–Crippen MR) is 103 cm³/mol. The van der Waals surface area contributed by atoms with Crippen LogP contribution in [0.15, 0.2) is 54.6 Å². The second-order valence-corrected chi connectivity index (χ2v) is 7.08. The summed E-state index contributed by atoms with van der Waals surface area (Å²) < 4.78 is 2.07. The van der Waals surface area contributed by atoms with E-state index < -0.39 is 0 Å². The zero-order valence-corrected chi connectivity index (χ0v) is 15.2. The molecule has 5 nitrogen and oxygen atoms in total. The molecule has 0 aliphatic heterocycles. The smallest absolute Gasteiger partial charge is 0.235 e. The molecule has 0 saturated heterocycles. The molecule has 1 heterocycles. The van der Waals surface area contributed by atoms with Gasteiger partial charge in [0.05, 0.1) is 17.6 Å². The molecule has 0 unspecified atom stereocenters. The van der Waals surface area contributed by atoms with Crippen molar-refractivity contribution in [3.8, 4) is 0 Å². The van der Waals surface area contributed by atoms with Crippen molar-refractivity contribution in [1.82, 2.24) is 19.8 Å². The van der Waals surface area contributed by atoms with E-state index in [0.717, 1.165) is 22.4 Å². The first-order chi connectivity index (χ1) is 12.6. The number of fused-ring (bicyclic) bond motifs is 1. The van der Waals surface area contributed by atoms with Crippen LogP contribution in [-0.2, 0) is 11.8 Å². The number of benzene rings is 2. The fourth-order valence-corrected chi connectivity index (χ4v) is 3.44. The number of carbonyl (C=O) groups is 1. The average Bonchev–Trinajstić information content (AvgIpc) is 3.46. The summed E-state index contributed by atoms with van der Waals surface area (Å²) in [5.41, 5.74) is 3.04. The van der Waals surface area contributed by atoms with E-state index in [-0.39, 0.29) is 11.9 Å². The van der Waals surface area contributed by atoms with Gasteiger partial charge in [-0.15, -0.1) is 0 Å². The Bertz CT molecular complexity index is 914. The van der Waals surface area contributed by atoms with Gasteiger partial charge in [-0.25, -0.2) is 4.98 Å². The van der Waals surface area contributed by atoms with Crippen molar-refractivity contribution >= 4 is 16.9 Å². The number of carbonyl (C=O) groups excluding carboxylic acids is 1. The van der Waals surface area contributed by atoms with Gasteiger partial charge < -0.3 is 9.88 Å². The molecule has 1 atom stereocenters. The Kier molecular flexibility index (Phi) is 4.47. The first-order valence-corrected chi connectivity index (χ1v) is 9.09. The van der Waals surface area contributed by atoms with Gasteiger partial charge in [-0.3, -0.25) is 9.69 Å². The van der Waals surface area contributed by atoms with Gasteiger partial charge in [0, 0.05) is 13.1 Å². The summed E-state index contributed by atoms with van der Waals surface area (Å²) in [7, 11) is 4.02. The second kappa shape index (κ2) is 6.92. The Balaban J connectivity index is 1.66. The highest BCUT2D eigenvalue weighted by Crippen LogP contribution is 2.26. The van der Waals surface area contributed by atoms with Crippen LogP contribution in [0.3, 0.4) is 0 Å². The van der Waals surface area contributed by atoms with Crippen LogP contribution in [0.2, 0.25) is 0 Å². The molecule has 0 radical (unpaired) electrons. The number of nitrogens with one attached hydrogen (secondary N) is 1. The lowest BCUT2D eigenvalue weighted by Gasteiger charge is -2.21.